The molecule has 1 atom stereocenters. The molecule has 1 unspecified atom stereocenters. The van der Waals surface area contributed by atoms with E-state index in [1.54, 1.807) is 13.0 Å². The summed E-state index contributed by atoms with van der Waals surface area (Å²) in [5.74, 6) is 1.03. The first-order valence-corrected chi connectivity index (χ1v) is 8.67. The van der Waals surface area contributed by atoms with Gasteiger partial charge in [0.05, 0.1) is 0 Å². The van der Waals surface area contributed by atoms with Crippen LogP contribution in [0, 0.1) is 0 Å². The third kappa shape index (κ3) is 3.22. The number of hydrogen-bond donors (Lipinski definition) is 1. The van der Waals surface area contributed by atoms with Gasteiger partial charge in [-0.15, -0.1) is 0 Å². The van der Waals surface area contributed by atoms with E-state index in [2.05, 4.69) is 5.32 Å². The van der Waals surface area contributed by atoms with Gasteiger partial charge in [-0.2, -0.15) is 0 Å². The molecule has 0 aliphatic carbocycles. The Bertz CT molecular complexity index is 865. The van der Waals surface area contributed by atoms with E-state index in [1.165, 1.54) is 5.56 Å². The van der Waals surface area contributed by atoms with Crippen LogP contribution in [-0.4, -0.2) is 36.0 Å². The van der Waals surface area contributed by atoms with E-state index in [1.807, 2.05) is 41.3 Å². The lowest BCUT2D eigenvalue weighted by Gasteiger charge is -2.28. The van der Waals surface area contributed by atoms with Crippen LogP contribution < -0.4 is 14.8 Å². The molecule has 0 saturated heterocycles. The Hall–Kier alpha value is -3.02. The Labute approximate surface area is 151 Å². The Morgan fingerprint density at radius 3 is 2.73 bits per heavy atom. The van der Waals surface area contributed by atoms with Crippen LogP contribution in [0.4, 0.5) is 5.69 Å². The van der Waals surface area contributed by atoms with Gasteiger partial charge in [-0.25, -0.2) is 0 Å². The first-order chi connectivity index (χ1) is 12.6. The molecule has 0 fully saturated rings. The molecule has 1 N–H and O–H groups in total. The molecule has 0 saturated carbocycles. The van der Waals surface area contributed by atoms with Crippen molar-refractivity contribution in [2.75, 3.05) is 18.5 Å². The Balaban J connectivity index is 1.46. The summed E-state index contributed by atoms with van der Waals surface area (Å²) in [6.07, 6.45) is 0.133. The smallest absolute Gasteiger partial charge is 0.269 e. The fourth-order valence-electron chi connectivity index (χ4n) is 3.28. The molecule has 0 aromatic heterocycles. The SMILES string of the molecule is CC(=O)N1CCc2ccc(NC(=O)C3COc4ccccc4O3)cc2C1. The van der Waals surface area contributed by atoms with Crippen molar-refractivity contribution in [3.05, 3.63) is 53.6 Å². The van der Waals surface area contributed by atoms with Gasteiger partial charge in [0, 0.05) is 25.7 Å². The second kappa shape index (κ2) is 6.71. The highest BCUT2D eigenvalue weighted by molar-refractivity contribution is 5.94. The third-order valence-electron chi connectivity index (χ3n) is 4.73. The summed E-state index contributed by atoms with van der Waals surface area (Å²) in [7, 11) is 0. The van der Waals surface area contributed by atoms with Gasteiger partial charge in [0.2, 0.25) is 12.0 Å². The summed E-state index contributed by atoms with van der Waals surface area (Å²) < 4.78 is 11.3. The second-order valence-corrected chi connectivity index (χ2v) is 6.53. The average Bonchev–Trinajstić information content (AvgIpc) is 2.67. The molecule has 6 nitrogen and oxygen atoms in total. The maximum absolute atomic E-state index is 12.5. The number of carbonyl (C=O) groups is 2. The molecular formula is C20H20N2O4. The molecule has 26 heavy (non-hydrogen) atoms. The molecule has 6 heteroatoms. The first-order valence-electron chi connectivity index (χ1n) is 8.67. The molecule has 0 spiro atoms. The number of rotatable bonds is 2. The minimum absolute atomic E-state index is 0.0662. The number of benzene rings is 2. The summed E-state index contributed by atoms with van der Waals surface area (Å²) in [5.41, 5.74) is 2.98. The number of anilines is 1. The minimum atomic E-state index is -0.699. The van der Waals surface area contributed by atoms with Crippen molar-refractivity contribution in [1.29, 1.82) is 0 Å². The molecule has 2 heterocycles. The molecule has 2 aromatic rings. The highest BCUT2D eigenvalue weighted by Gasteiger charge is 2.27. The van der Waals surface area contributed by atoms with Gasteiger partial charge in [-0.3, -0.25) is 9.59 Å². The molecular weight excluding hydrogens is 332 g/mol. The number of fused-ring (bicyclic) bond motifs is 2. The largest absolute Gasteiger partial charge is 0.485 e. The highest BCUT2D eigenvalue weighted by Crippen LogP contribution is 2.31. The number of para-hydroxylation sites is 2. The topological polar surface area (TPSA) is 67.9 Å². The van der Waals surface area contributed by atoms with Gasteiger partial charge in [-0.1, -0.05) is 18.2 Å². The summed E-state index contributed by atoms with van der Waals surface area (Å²) in [4.78, 5) is 26.0. The lowest BCUT2D eigenvalue weighted by molar-refractivity contribution is -0.129. The quantitative estimate of drug-likeness (QED) is 0.901. The van der Waals surface area contributed by atoms with Gasteiger partial charge in [0.25, 0.3) is 5.91 Å². The number of amides is 2. The molecule has 2 aliphatic rings. The fourth-order valence-corrected chi connectivity index (χ4v) is 3.28. The van der Waals surface area contributed by atoms with E-state index in [4.69, 9.17) is 9.47 Å². The fraction of sp³-hybridized carbons (Fsp3) is 0.300. The minimum Gasteiger partial charge on any atom is -0.485 e. The van der Waals surface area contributed by atoms with Crippen molar-refractivity contribution in [3.63, 3.8) is 0 Å². The number of carbonyl (C=O) groups excluding carboxylic acids is 2. The van der Waals surface area contributed by atoms with E-state index < -0.39 is 6.10 Å². The number of nitrogens with zero attached hydrogens (tertiary/aromatic N) is 1. The van der Waals surface area contributed by atoms with Crippen molar-refractivity contribution >= 4 is 17.5 Å². The van der Waals surface area contributed by atoms with Crippen LogP contribution in [0.2, 0.25) is 0 Å². The number of nitrogens with one attached hydrogen (secondary N) is 1. The van der Waals surface area contributed by atoms with Gasteiger partial charge in [-0.05, 0) is 41.8 Å². The van der Waals surface area contributed by atoms with Crippen LogP contribution in [0.3, 0.4) is 0 Å². The third-order valence-corrected chi connectivity index (χ3v) is 4.73. The van der Waals surface area contributed by atoms with Crippen LogP contribution >= 0.6 is 0 Å². The van der Waals surface area contributed by atoms with Crippen LogP contribution in [-0.2, 0) is 22.6 Å². The summed E-state index contributed by atoms with van der Waals surface area (Å²) in [6.45, 7) is 3.06. The van der Waals surface area contributed by atoms with E-state index in [-0.39, 0.29) is 18.4 Å². The first kappa shape index (κ1) is 16.4. The summed E-state index contributed by atoms with van der Waals surface area (Å²) in [6, 6.07) is 13.1. The van der Waals surface area contributed by atoms with Crippen molar-refractivity contribution in [2.45, 2.75) is 26.0 Å². The molecule has 0 radical (unpaired) electrons. The molecule has 2 aliphatic heterocycles. The monoisotopic (exact) mass is 352 g/mol. The molecule has 134 valence electrons. The van der Waals surface area contributed by atoms with Crippen molar-refractivity contribution in [2.24, 2.45) is 0 Å². The molecule has 2 aromatic carbocycles. The maximum Gasteiger partial charge on any atom is 0.269 e. The molecule has 0 bridgehead atoms. The van der Waals surface area contributed by atoms with Crippen molar-refractivity contribution < 1.29 is 19.1 Å². The zero-order valence-corrected chi connectivity index (χ0v) is 14.5. The average molecular weight is 352 g/mol. The number of ether oxygens (including phenoxy) is 2. The van der Waals surface area contributed by atoms with Gasteiger partial charge < -0.3 is 19.7 Å². The standard InChI is InChI=1S/C20H20N2O4/c1-13(23)22-9-8-14-6-7-16(10-15(14)11-22)21-20(24)19-12-25-17-4-2-3-5-18(17)26-19/h2-7,10,19H,8-9,11-12H2,1H3,(H,21,24). The zero-order chi connectivity index (χ0) is 18.1. The predicted octanol–water partition coefficient (Wildman–Crippen LogP) is 2.37. The van der Waals surface area contributed by atoms with Gasteiger partial charge >= 0.3 is 0 Å². The predicted molar refractivity (Wildman–Crippen MR) is 96.2 cm³/mol. The lowest BCUT2D eigenvalue weighted by atomic mass is 9.99. The maximum atomic E-state index is 12.5. The van der Waals surface area contributed by atoms with E-state index in [0.29, 0.717) is 23.7 Å². The van der Waals surface area contributed by atoms with Gasteiger partial charge in [0.15, 0.2) is 11.5 Å². The van der Waals surface area contributed by atoms with Crippen LogP contribution in [0.15, 0.2) is 42.5 Å². The molecule has 4 rings (SSSR count). The summed E-state index contributed by atoms with van der Waals surface area (Å²) >= 11 is 0. The molecule has 2 amide bonds. The van der Waals surface area contributed by atoms with Crippen LogP contribution in [0.5, 0.6) is 11.5 Å². The summed E-state index contributed by atoms with van der Waals surface area (Å²) in [5, 5.41) is 2.89. The zero-order valence-electron chi connectivity index (χ0n) is 14.5. The Morgan fingerprint density at radius 2 is 1.92 bits per heavy atom. The van der Waals surface area contributed by atoms with Crippen molar-refractivity contribution in [1.82, 2.24) is 4.90 Å². The van der Waals surface area contributed by atoms with E-state index in [9.17, 15) is 9.59 Å². The lowest BCUT2D eigenvalue weighted by Crippen LogP contribution is -2.40. The number of hydrogen-bond acceptors (Lipinski definition) is 4. The van der Waals surface area contributed by atoms with E-state index >= 15 is 0 Å². The second-order valence-electron chi connectivity index (χ2n) is 6.53. The van der Waals surface area contributed by atoms with E-state index in [0.717, 1.165) is 18.5 Å². The Morgan fingerprint density at radius 1 is 1.12 bits per heavy atom. The van der Waals surface area contributed by atoms with Crippen molar-refractivity contribution in [3.8, 4) is 11.5 Å². The Kier molecular flexibility index (Phi) is 4.24. The normalized spacial score (nSPS) is 18.0. The van der Waals surface area contributed by atoms with Crippen LogP contribution in [0.1, 0.15) is 18.1 Å². The van der Waals surface area contributed by atoms with Crippen LogP contribution in [0.25, 0.3) is 0 Å². The highest BCUT2D eigenvalue weighted by atomic mass is 16.6. The van der Waals surface area contributed by atoms with Gasteiger partial charge in [0.1, 0.15) is 6.61 Å².